The Morgan fingerprint density at radius 3 is 2.78 bits per heavy atom. The van der Waals surface area contributed by atoms with E-state index >= 15 is 0 Å². The van der Waals surface area contributed by atoms with Gasteiger partial charge in [0.15, 0.2) is 5.16 Å². The number of H-pyrrole nitrogens is 1. The number of fused-ring (bicyclic) bond motifs is 1. The first-order valence-electron chi connectivity index (χ1n) is 9.12. The van der Waals surface area contributed by atoms with Gasteiger partial charge >= 0.3 is 0 Å². The molecule has 1 aromatic heterocycles. The Morgan fingerprint density at radius 1 is 1.26 bits per heavy atom. The lowest BCUT2D eigenvalue weighted by atomic mass is 9.97. The lowest BCUT2D eigenvalue weighted by Crippen LogP contribution is -2.23. The molecular weight excluding hydrogens is 358 g/mol. The average Bonchev–Trinajstić information content (AvgIpc) is 3.08. The summed E-state index contributed by atoms with van der Waals surface area (Å²) < 4.78 is 5.24. The van der Waals surface area contributed by atoms with Crippen LogP contribution in [0.4, 0.5) is 5.69 Å². The molecule has 2 unspecified atom stereocenters. The van der Waals surface area contributed by atoms with Gasteiger partial charge in [-0.1, -0.05) is 43.8 Å². The quantitative estimate of drug-likeness (QED) is 0.550. The van der Waals surface area contributed by atoms with E-state index in [2.05, 4.69) is 35.2 Å². The number of thioether (sulfide) groups is 1. The Kier molecular flexibility index (Phi) is 6.06. The topological polar surface area (TPSA) is 67.0 Å². The Morgan fingerprint density at radius 2 is 2.04 bits per heavy atom. The molecule has 1 heterocycles. The van der Waals surface area contributed by atoms with Crippen LogP contribution in [-0.4, -0.2) is 28.2 Å². The number of hydrogen-bond donors (Lipinski definition) is 2. The molecular formula is C21H25N3O2S. The minimum absolute atomic E-state index is 0.0335. The predicted octanol–water partition coefficient (Wildman–Crippen LogP) is 5.20. The number of aromatic amines is 1. The number of hydrogen-bond acceptors (Lipinski definition) is 4. The van der Waals surface area contributed by atoms with E-state index in [9.17, 15) is 4.79 Å². The summed E-state index contributed by atoms with van der Waals surface area (Å²) in [7, 11) is 1.64. The fourth-order valence-electron chi connectivity index (χ4n) is 2.86. The maximum Gasteiger partial charge on any atom is 0.237 e. The number of rotatable bonds is 7. The van der Waals surface area contributed by atoms with Crippen molar-refractivity contribution in [3.8, 4) is 5.75 Å². The van der Waals surface area contributed by atoms with Gasteiger partial charge in [0.25, 0.3) is 0 Å². The van der Waals surface area contributed by atoms with Crippen LogP contribution in [0.5, 0.6) is 5.75 Å². The number of benzene rings is 2. The lowest BCUT2D eigenvalue weighted by Gasteiger charge is -2.17. The minimum atomic E-state index is -0.280. The number of aromatic nitrogens is 2. The molecule has 2 atom stereocenters. The monoisotopic (exact) mass is 383 g/mol. The first-order valence-corrected chi connectivity index (χ1v) is 10.00. The SMILES string of the molecule is CCC(C)c1ccccc1NC(=O)C(C)Sc1nc2ccc(OC)cc2[nH]1. The van der Waals surface area contributed by atoms with Gasteiger partial charge in [-0.05, 0) is 43.0 Å². The van der Waals surface area contributed by atoms with Crippen LogP contribution in [0, 0.1) is 0 Å². The fourth-order valence-corrected chi connectivity index (χ4v) is 3.68. The van der Waals surface area contributed by atoms with Crippen molar-refractivity contribution >= 4 is 34.4 Å². The Bertz CT molecular complexity index is 938. The largest absolute Gasteiger partial charge is 0.497 e. The normalized spacial score (nSPS) is 13.3. The fraction of sp³-hybridized carbons (Fsp3) is 0.333. The van der Waals surface area contributed by atoms with Gasteiger partial charge in [-0.15, -0.1) is 0 Å². The van der Waals surface area contributed by atoms with E-state index in [-0.39, 0.29) is 11.2 Å². The maximum atomic E-state index is 12.7. The predicted molar refractivity (Wildman–Crippen MR) is 112 cm³/mol. The molecule has 2 aromatic carbocycles. The van der Waals surface area contributed by atoms with E-state index in [1.807, 2.05) is 43.3 Å². The molecule has 0 spiro atoms. The van der Waals surface area contributed by atoms with Crippen LogP contribution in [-0.2, 0) is 4.79 Å². The summed E-state index contributed by atoms with van der Waals surface area (Å²) in [6.07, 6.45) is 1.03. The van der Waals surface area contributed by atoms with Crippen LogP contribution in [0.3, 0.4) is 0 Å². The van der Waals surface area contributed by atoms with Crippen molar-refractivity contribution in [1.82, 2.24) is 9.97 Å². The minimum Gasteiger partial charge on any atom is -0.497 e. The molecule has 3 aromatic rings. The molecule has 1 amide bonds. The molecule has 0 saturated heterocycles. The molecule has 5 nitrogen and oxygen atoms in total. The van der Waals surface area contributed by atoms with Gasteiger partial charge in [-0.3, -0.25) is 4.79 Å². The van der Waals surface area contributed by atoms with Gasteiger partial charge < -0.3 is 15.0 Å². The summed E-state index contributed by atoms with van der Waals surface area (Å²) >= 11 is 1.41. The van der Waals surface area contributed by atoms with Crippen molar-refractivity contribution in [1.29, 1.82) is 0 Å². The molecule has 6 heteroatoms. The highest BCUT2D eigenvalue weighted by Crippen LogP contribution is 2.29. The molecule has 0 aliphatic rings. The molecule has 0 fully saturated rings. The number of nitrogens with one attached hydrogen (secondary N) is 2. The number of carbonyl (C=O) groups is 1. The number of imidazole rings is 1. The van der Waals surface area contributed by atoms with Crippen molar-refractivity contribution < 1.29 is 9.53 Å². The molecule has 0 bridgehead atoms. The maximum absolute atomic E-state index is 12.7. The van der Waals surface area contributed by atoms with E-state index in [1.54, 1.807) is 7.11 Å². The highest BCUT2D eigenvalue weighted by molar-refractivity contribution is 8.00. The van der Waals surface area contributed by atoms with Crippen LogP contribution in [0.1, 0.15) is 38.7 Å². The highest BCUT2D eigenvalue weighted by Gasteiger charge is 2.19. The zero-order valence-electron chi connectivity index (χ0n) is 16.1. The molecule has 2 N–H and O–H groups in total. The van der Waals surface area contributed by atoms with E-state index < -0.39 is 0 Å². The van der Waals surface area contributed by atoms with Crippen molar-refractivity contribution in [2.24, 2.45) is 0 Å². The average molecular weight is 384 g/mol. The number of nitrogens with zero attached hydrogens (tertiary/aromatic N) is 1. The molecule has 0 saturated carbocycles. The second-order valence-electron chi connectivity index (χ2n) is 6.57. The number of amides is 1. The Balaban J connectivity index is 1.71. The smallest absolute Gasteiger partial charge is 0.237 e. The second-order valence-corrected chi connectivity index (χ2v) is 7.90. The zero-order chi connectivity index (χ0) is 19.4. The first kappa shape index (κ1) is 19.3. The zero-order valence-corrected chi connectivity index (χ0v) is 16.9. The number of para-hydroxylation sites is 1. The van der Waals surface area contributed by atoms with Crippen molar-refractivity contribution in [3.05, 3.63) is 48.0 Å². The van der Waals surface area contributed by atoms with Gasteiger partial charge in [0.2, 0.25) is 5.91 Å². The molecule has 0 radical (unpaired) electrons. The van der Waals surface area contributed by atoms with Crippen LogP contribution >= 0.6 is 11.8 Å². The van der Waals surface area contributed by atoms with E-state index in [4.69, 9.17) is 4.74 Å². The summed E-state index contributed by atoms with van der Waals surface area (Å²) in [4.78, 5) is 20.5. The first-order chi connectivity index (χ1) is 13.0. The number of carbonyl (C=O) groups excluding carboxylic acids is 1. The van der Waals surface area contributed by atoms with Crippen molar-refractivity contribution in [3.63, 3.8) is 0 Å². The van der Waals surface area contributed by atoms with Crippen LogP contribution in [0.25, 0.3) is 11.0 Å². The van der Waals surface area contributed by atoms with E-state index in [0.717, 1.165) is 34.0 Å². The summed E-state index contributed by atoms with van der Waals surface area (Å²) in [5, 5.41) is 3.51. The molecule has 0 aliphatic carbocycles. The summed E-state index contributed by atoms with van der Waals surface area (Å²) in [6.45, 7) is 6.21. The van der Waals surface area contributed by atoms with Crippen molar-refractivity contribution in [2.45, 2.75) is 43.5 Å². The molecule has 142 valence electrons. The second kappa shape index (κ2) is 8.48. The number of anilines is 1. The van der Waals surface area contributed by atoms with Gasteiger partial charge in [0, 0.05) is 11.8 Å². The number of methoxy groups -OCH3 is 1. The van der Waals surface area contributed by atoms with Crippen LogP contribution < -0.4 is 10.1 Å². The number of ether oxygens (including phenoxy) is 1. The van der Waals surface area contributed by atoms with E-state index in [0.29, 0.717) is 5.92 Å². The molecule has 27 heavy (non-hydrogen) atoms. The summed E-state index contributed by atoms with van der Waals surface area (Å²) in [5.74, 6) is 1.14. The standard InChI is InChI=1S/C21H25N3O2S/c1-5-13(2)16-8-6-7-9-17(16)22-20(25)14(3)27-21-23-18-11-10-15(26-4)12-19(18)24-21/h6-14H,5H2,1-4H3,(H,22,25)(H,23,24). The lowest BCUT2D eigenvalue weighted by molar-refractivity contribution is -0.115. The Labute approximate surface area is 163 Å². The van der Waals surface area contributed by atoms with Crippen molar-refractivity contribution in [2.75, 3.05) is 12.4 Å². The third-order valence-electron chi connectivity index (χ3n) is 4.69. The van der Waals surface area contributed by atoms with Crippen LogP contribution in [0.2, 0.25) is 0 Å². The van der Waals surface area contributed by atoms with E-state index in [1.165, 1.54) is 17.3 Å². The van der Waals surface area contributed by atoms with Gasteiger partial charge in [-0.25, -0.2) is 4.98 Å². The van der Waals surface area contributed by atoms with Gasteiger partial charge in [0.1, 0.15) is 5.75 Å². The van der Waals surface area contributed by atoms with Gasteiger partial charge in [0.05, 0.1) is 23.4 Å². The summed E-state index contributed by atoms with van der Waals surface area (Å²) in [5.41, 5.74) is 3.81. The Hall–Kier alpha value is -2.47. The third-order valence-corrected chi connectivity index (χ3v) is 5.67. The van der Waals surface area contributed by atoms with Crippen LogP contribution in [0.15, 0.2) is 47.6 Å². The molecule has 0 aliphatic heterocycles. The highest BCUT2D eigenvalue weighted by atomic mass is 32.2. The summed E-state index contributed by atoms with van der Waals surface area (Å²) in [6, 6.07) is 13.7. The molecule has 3 rings (SSSR count). The third kappa shape index (κ3) is 4.45. The van der Waals surface area contributed by atoms with Gasteiger partial charge in [-0.2, -0.15) is 0 Å².